The van der Waals surface area contributed by atoms with Crippen molar-refractivity contribution in [2.24, 2.45) is 5.73 Å². The summed E-state index contributed by atoms with van der Waals surface area (Å²) in [6.45, 7) is 4.15. The number of hydrogen-bond donors (Lipinski definition) is 1. The molecule has 29 heavy (non-hydrogen) atoms. The number of carbonyl (C=O) groups excluding carboxylic acids is 2. The van der Waals surface area contributed by atoms with Gasteiger partial charge in [0.25, 0.3) is 0 Å². The van der Waals surface area contributed by atoms with E-state index in [4.69, 9.17) is 5.73 Å². The van der Waals surface area contributed by atoms with E-state index in [2.05, 4.69) is 22.0 Å². The van der Waals surface area contributed by atoms with Gasteiger partial charge >= 0.3 is 0 Å². The van der Waals surface area contributed by atoms with E-state index < -0.39 is 0 Å². The van der Waals surface area contributed by atoms with Crippen LogP contribution in [0.25, 0.3) is 0 Å². The van der Waals surface area contributed by atoms with Gasteiger partial charge in [0.1, 0.15) is 5.82 Å². The van der Waals surface area contributed by atoms with Crippen LogP contribution in [-0.4, -0.2) is 65.4 Å². The first-order valence-corrected chi connectivity index (χ1v) is 10.2. The van der Waals surface area contributed by atoms with Crippen molar-refractivity contribution in [3.05, 3.63) is 59.8 Å². The predicted molar refractivity (Wildman–Crippen MR) is 111 cm³/mol. The summed E-state index contributed by atoms with van der Waals surface area (Å²) in [5.41, 5.74) is 8.03. The third-order valence-electron chi connectivity index (χ3n) is 5.89. The Hall–Kier alpha value is -2.93. The van der Waals surface area contributed by atoms with Crippen molar-refractivity contribution in [2.75, 3.05) is 37.6 Å². The third-order valence-corrected chi connectivity index (χ3v) is 5.89. The summed E-state index contributed by atoms with van der Waals surface area (Å²) < 4.78 is 0. The summed E-state index contributed by atoms with van der Waals surface area (Å²) in [6.07, 6.45) is 2.80. The maximum Gasteiger partial charge on any atom is 0.235 e. The van der Waals surface area contributed by atoms with Crippen molar-refractivity contribution in [2.45, 2.75) is 25.4 Å². The van der Waals surface area contributed by atoms with Crippen LogP contribution in [0.15, 0.2) is 48.7 Å². The van der Waals surface area contributed by atoms with Crippen LogP contribution in [0.4, 0.5) is 5.82 Å². The molecule has 2 aliphatic rings. The number of hydrogen-bond acceptors (Lipinski definition) is 5. The zero-order valence-corrected chi connectivity index (χ0v) is 16.5. The molecule has 2 aromatic rings. The lowest BCUT2D eigenvalue weighted by Crippen LogP contribution is -2.51. The highest BCUT2D eigenvalue weighted by Gasteiger charge is 2.30. The number of piperazine rings is 1. The molecule has 1 unspecified atom stereocenters. The number of anilines is 1. The number of benzene rings is 1. The monoisotopic (exact) mass is 393 g/mol. The lowest BCUT2D eigenvalue weighted by Gasteiger charge is -2.37. The number of rotatable bonds is 5. The molecule has 1 atom stereocenters. The van der Waals surface area contributed by atoms with Crippen LogP contribution in [0, 0.1) is 0 Å². The molecular weight excluding hydrogens is 366 g/mol. The summed E-state index contributed by atoms with van der Waals surface area (Å²) in [7, 11) is 0. The smallest absolute Gasteiger partial charge is 0.235 e. The lowest BCUT2D eigenvalue weighted by atomic mass is 9.93. The Labute approximate surface area is 171 Å². The number of nitrogens with two attached hydrogens (primary N) is 1. The Morgan fingerprint density at radius 2 is 1.72 bits per heavy atom. The number of primary amides is 1. The molecule has 1 aromatic carbocycles. The topological polar surface area (TPSA) is 82.8 Å². The van der Waals surface area contributed by atoms with E-state index in [1.807, 2.05) is 40.1 Å². The molecule has 0 radical (unpaired) electrons. The van der Waals surface area contributed by atoms with E-state index in [-0.39, 0.29) is 17.9 Å². The maximum absolute atomic E-state index is 12.8. The number of nitrogens with zero attached hydrogens (tertiary/aromatic N) is 4. The summed E-state index contributed by atoms with van der Waals surface area (Å²) in [5, 5.41) is 0. The lowest BCUT2D eigenvalue weighted by molar-refractivity contribution is -0.133. The van der Waals surface area contributed by atoms with Gasteiger partial charge in [0.15, 0.2) is 0 Å². The molecule has 0 aliphatic carbocycles. The maximum atomic E-state index is 12.8. The van der Waals surface area contributed by atoms with Gasteiger partial charge in [0.05, 0.1) is 6.04 Å². The molecule has 1 fully saturated rings. The molecule has 2 aliphatic heterocycles. The summed E-state index contributed by atoms with van der Waals surface area (Å²) in [4.78, 5) is 35.3. The molecule has 0 spiro atoms. The molecule has 0 saturated carbocycles. The first-order chi connectivity index (χ1) is 14.1. The van der Waals surface area contributed by atoms with Crippen LogP contribution in [0.1, 0.15) is 17.5 Å². The highest BCUT2D eigenvalue weighted by Crippen LogP contribution is 2.23. The summed E-state index contributed by atoms with van der Waals surface area (Å²) in [5.74, 6) is 0.763. The number of amides is 2. The second-order valence-electron chi connectivity index (χ2n) is 7.67. The van der Waals surface area contributed by atoms with E-state index in [9.17, 15) is 9.59 Å². The molecule has 1 aromatic heterocycles. The van der Waals surface area contributed by atoms with Crippen LogP contribution in [0.3, 0.4) is 0 Å². The van der Waals surface area contributed by atoms with Gasteiger partial charge in [-0.05, 0) is 29.7 Å². The van der Waals surface area contributed by atoms with E-state index >= 15 is 0 Å². The largest absolute Gasteiger partial charge is 0.368 e. The first kappa shape index (κ1) is 19.4. The van der Waals surface area contributed by atoms with E-state index in [0.717, 1.165) is 18.9 Å². The van der Waals surface area contributed by atoms with Crippen LogP contribution in [0.2, 0.25) is 0 Å². The molecule has 4 rings (SSSR count). The van der Waals surface area contributed by atoms with Crippen LogP contribution < -0.4 is 10.6 Å². The molecule has 0 bridgehead atoms. The Balaban J connectivity index is 1.32. The van der Waals surface area contributed by atoms with Gasteiger partial charge in [-0.1, -0.05) is 30.3 Å². The number of pyridine rings is 1. The van der Waals surface area contributed by atoms with Crippen LogP contribution >= 0.6 is 0 Å². The zero-order valence-electron chi connectivity index (χ0n) is 16.5. The molecule has 2 amide bonds. The molecule has 3 heterocycles. The predicted octanol–water partition coefficient (Wildman–Crippen LogP) is 1.03. The quantitative estimate of drug-likeness (QED) is 0.821. The fourth-order valence-electron chi connectivity index (χ4n) is 4.22. The minimum Gasteiger partial charge on any atom is -0.368 e. The van der Waals surface area contributed by atoms with Gasteiger partial charge in [0.2, 0.25) is 11.8 Å². The SMILES string of the molecule is NC(=O)C1Cc2ccccc2CN1CCC(=O)N1CCN(c2ccccn2)CC1. The Kier molecular flexibility index (Phi) is 5.76. The first-order valence-electron chi connectivity index (χ1n) is 10.2. The van der Waals surface area contributed by atoms with Gasteiger partial charge < -0.3 is 15.5 Å². The fraction of sp³-hybridized carbons (Fsp3) is 0.409. The molecule has 152 valence electrons. The van der Waals surface area contributed by atoms with E-state index in [0.29, 0.717) is 39.0 Å². The molecular formula is C22H27N5O2. The van der Waals surface area contributed by atoms with Crippen molar-refractivity contribution in [1.29, 1.82) is 0 Å². The van der Waals surface area contributed by atoms with Gasteiger partial charge in [-0.2, -0.15) is 0 Å². The minimum absolute atomic E-state index is 0.132. The standard InChI is InChI=1S/C22H27N5O2/c23-22(29)19-15-17-5-1-2-6-18(17)16-27(19)10-8-21(28)26-13-11-25(12-14-26)20-7-3-4-9-24-20/h1-7,9,19H,8,10-16H2,(H2,23,29). The normalized spacial score (nSPS) is 19.7. The number of carbonyl (C=O) groups is 2. The van der Waals surface area contributed by atoms with Crippen molar-refractivity contribution in [3.63, 3.8) is 0 Å². The fourth-order valence-corrected chi connectivity index (χ4v) is 4.22. The van der Waals surface area contributed by atoms with Crippen molar-refractivity contribution in [1.82, 2.24) is 14.8 Å². The van der Waals surface area contributed by atoms with Crippen molar-refractivity contribution < 1.29 is 9.59 Å². The summed E-state index contributed by atoms with van der Waals surface area (Å²) in [6, 6.07) is 13.7. The average Bonchev–Trinajstić information content (AvgIpc) is 2.77. The van der Waals surface area contributed by atoms with Crippen molar-refractivity contribution in [3.8, 4) is 0 Å². The van der Waals surface area contributed by atoms with E-state index in [1.54, 1.807) is 6.20 Å². The van der Waals surface area contributed by atoms with E-state index in [1.165, 1.54) is 11.1 Å². The Morgan fingerprint density at radius 1 is 1.00 bits per heavy atom. The Morgan fingerprint density at radius 3 is 2.41 bits per heavy atom. The number of fused-ring (bicyclic) bond motifs is 1. The van der Waals surface area contributed by atoms with Crippen molar-refractivity contribution >= 4 is 17.6 Å². The zero-order chi connectivity index (χ0) is 20.2. The second kappa shape index (κ2) is 8.61. The molecule has 1 saturated heterocycles. The molecule has 7 heteroatoms. The average molecular weight is 393 g/mol. The van der Waals surface area contributed by atoms with Gasteiger partial charge in [-0.3, -0.25) is 14.5 Å². The minimum atomic E-state index is -0.348. The highest BCUT2D eigenvalue weighted by atomic mass is 16.2. The summed E-state index contributed by atoms with van der Waals surface area (Å²) >= 11 is 0. The molecule has 2 N–H and O–H groups in total. The Bertz CT molecular complexity index is 865. The second-order valence-corrected chi connectivity index (χ2v) is 7.67. The van der Waals surface area contributed by atoms with Gasteiger partial charge in [-0.15, -0.1) is 0 Å². The third kappa shape index (κ3) is 4.40. The van der Waals surface area contributed by atoms with Crippen LogP contribution in [-0.2, 0) is 22.6 Å². The molecule has 7 nitrogen and oxygen atoms in total. The number of aromatic nitrogens is 1. The van der Waals surface area contributed by atoms with Gasteiger partial charge in [-0.25, -0.2) is 4.98 Å². The van der Waals surface area contributed by atoms with Crippen LogP contribution in [0.5, 0.6) is 0 Å². The van der Waals surface area contributed by atoms with Gasteiger partial charge in [0, 0.05) is 51.9 Å². The highest BCUT2D eigenvalue weighted by molar-refractivity contribution is 5.81.